The van der Waals surface area contributed by atoms with Gasteiger partial charge in [-0.2, -0.15) is 0 Å². The molecule has 2 aromatic rings. The molecule has 0 bridgehead atoms. The summed E-state index contributed by atoms with van der Waals surface area (Å²) >= 11 is 0. The first-order valence-corrected chi connectivity index (χ1v) is 10.2. The highest BCUT2D eigenvalue weighted by molar-refractivity contribution is 6.13. The van der Waals surface area contributed by atoms with Crippen LogP contribution in [0.4, 0.5) is 0 Å². The van der Waals surface area contributed by atoms with Crippen LogP contribution in [0.1, 0.15) is 43.2 Å². The van der Waals surface area contributed by atoms with E-state index >= 15 is 0 Å². The second-order valence-electron chi connectivity index (χ2n) is 7.11. The molecule has 1 N–H and O–H groups in total. The summed E-state index contributed by atoms with van der Waals surface area (Å²) in [5.74, 6) is -0.973. The van der Waals surface area contributed by atoms with Crippen LogP contribution in [0.15, 0.2) is 78.3 Å². The van der Waals surface area contributed by atoms with Crippen LogP contribution in [-0.4, -0.2) is 36.5 Å². The quantitative estimate of drug-likeness (QED) is 0.282. The van der Waals surface area contributed by atoms with Crippen molar-refractivity contribution in [3.05, 3.63) is 84.4 Å². The Hall–Kier alpha value is -2.72. The Bertz CT molecular complexity index is 730. The summed E-state index contributed by atoms with van der Waals surface area (Å²) < 4.78 is 5.25. The smallest absolute Gasteiger partial charge is 0.328 e. The molecule has 0 amide bonds. The molecule has 0 heterocycles. The van der Waals surface area contributed by atoms with Crippen molar-refractivity contribution in [1.82, 2.24) is 0 Å². The zero-order chi connectivity index (χ0) is 20.9. The first-order chi connectivity index (χ1) is 14.2. The van der Waals surface area contributed by atoms with Gasteiger partial charge in [-0.1, -0.05) is 73.2 Å². The number of unbranched alkanes of at least 4 members (excludes halogenated alkanes) is 2. The van der Waals surface area contributed by atoms with Gasteiger partial charge in [0.05, 0.1) is 5.71 Å². The van der Waals surface area contributed by atoms with Gasteiger partial charge in [-0.15, -0.1) is 6.58 Å². The molecule has 0 saturated heterocycles. The number of hydrogen-bond acceptors (Lipinski definition) is 3. The largest absolute Gasteiger partial charge is 0.480 e. The summed E-state index contributed by atoms with van der Waals surface area (Å²) in [6, 6.07) is 18.7. The lowest BCUT2D eigenvalue weighted by Gasteiger charge is -2.22. The normalized spacial score (nSPS) is 12.7. The van der Waals surface area contributed by atoms with E-state index in [0.717, 1.165) is 36.8 Å². The van der Waals surface area contributed by atoms with E-state index in [1.54, 1.807) is 7.11 Å². The molecular formula is C25H31NO3. The van der Waals surface area contributed by atoms with E-state index in [4.69, 9.17) is 9.73 Å². The fraction of sp³-hybridized carbons (Fsp3) is 0.360. The second kappa shape index (κ2) is 12.7. The molecule has 4 heteroatoms. The number of carboxylic acids is 1. The Kier molecular flexibility index (Phi) is 9.87. The molecule has 2 atom stereocenters. The number of carbonyl (C=O) groups is 1. The van der Waals surface area contributed by atoms with E-state index in [2.05, 4.69) is 6.58 Å². The summed E-state index contributed by atoms with van der Waals surface area (Å²) in [5.41, 5.74) is 2.55. The number of methoxy groups -OCH3 is 1. The van der Waals surface area contributed by atoms with Gasteiger partial charge in [0, 0.05) is 24.8 Å². The molecule has 0 aliphatic carbocycles. The maximum Gasteiger partial charge on any atom is 0.328 e. The Labute approximate surface area is 174 Å². The molecule has 29 heavy (non-hydrogen) atoms. The SMILES string of the molecule is C=CCCCCC(CCOC)C(N=C(c1ccccc1)c1ccccc1)C(=O)O. The number of rotatable bonds is 13. The molecular weight excluding hydrogens is 362 g/mol. The number of carboxylic acid groups (broad SMARTS) is 1. The Morgan fingerprint density at radius 3 is 2.10 bits per heavy atom. The van der Waals surface area contributed by atoms with E-state index in [-0.39, 0.29) is 5.92 Å². The molecule has 2 unspecified atom stereocenters. The van der Waals surface area contributed by atoms with E-state index in [9.17, 15) is 9.90 Å². The van der Waals surface area contributed by atoms with Crippen LogP contribution in [0.2, 0.25) is 0 Å². The van der Waals surface area contributed by atoms with Gasteiger partial charge in [0.2, 0.25) is 0 Å². The number of aliphatic carboxylic acids is 1. The first-order valence-electron chi connectivity index (χ1n) is 10.2. The second-order valence-corrected chi connectivity index (χ2v) is 7.11. The monoisotopic (exact) mass is 393 g/mol. The zero-order valence-electron chi connectivity index (χ0n) is 17.2. The highest BCUT2D eigenvalue weighted by Crippen LogP contribution is 2.23. The topological polar surface area (TPSA) is 58.9 Å². The average Bonchev–Trinajstić information content (AvgIpc) is 2.75. The minimum absolute atomic E-state index is 0.0836. The molecule has 0 aliphatic heterocycles. The summed E-state index contributed by atoms with van der Waals surface area (Å²) in [6.45, 7) is 4.29. The number of hydrogen-bond donors (Lipinski definition) is 1. The number of allylic oxidation sites excluding steroid dienone is 1. The number of ether oxygens (including phenoxy) is 1. The highest BCUT2D eigenvalue weighted by Gasteiger charge is 2.28. The van der Waals surface area contributed by atoms with Gasteiger partial charge in [0.1, 0.15) is 0 Å². The van der Waals surface area contributed by atoms with Crippen LogP contribution in [0.3, 0.4) is 0 Å². The van der Waals surface area contributed by atoms with Crippen LogP contribution < -0.4 is 0 Å². The maximum absolute atomic E-state index is 12.2. The van der Waals surface area contributed by atoms with Crippen LogP contribution >= 0.6 is 0 Å². The third-order valence-corrected chi connectivity index (χ3v) is 4.99. The standard InChI is InChI=1S/C25H31NO3/c1-3-4-5-8-17-22(18-19-29-2)24(25(27)28)26-23(20-13-9-6-10-14-20)21-15-11-7-12-16-21/h3,6-7,9-16,22,24H,1,4-5,8,17-19H2,2H3,(H,27,28). The molecule has 2 rings (SSSR count). The number of benzene rings is 2. The number of aliphatic imine (C=N–C) groups is 1. The van der Waals surface area contributed by atoms with Gasteiger partial charge < -0.3 is 9.84 Å². The van der Waals surface area contributed by atoms with Crippen molar-refractivity contribution < 1.29 is 14.6 Å². The van der Waals surface area contributed by atoms with Gasteiger partial charge >= 0.3 is 5.97 Å². The summed E-state index contributed by atoms with van der Waals surface area (Å²) in [5, 5.41) is 10.0. The average molecular weight is 394 g/mol. The number of nitrogens with zero attached hydrogens (tertiary/aromatic N) is 1. The molecule has 0 radical (unpaired) electrons. The maximum atomic E-state index is 12.2. The molecule has 0 spiro atoms. The van der Waals surface area contributed by atoms with Crippen molar-refractivity contribution in [1.29, 1.82) is 0 Å². The summed E-state index contributed by atoms with van der Waals surface area (Å²) in [6.07, 6.45) is 6.27. The molecule has 0 aliphatic rings. The van der Waals surface area contributed by atoms with Crippen molar-refractivity contribution in [3.63, 3.8) is 0 Å². The van der Waals surface area contributed by atoms with Crippen molar-refractivity contribution >= 4 is 11.7 Å². The van der Waals surface area contributed by atoms with Gasteiger partial charge in [0.25, 0.3) is 0 Å². The van der Waals surface area contributed by atoms with Crippen molar-refractivity contribution in [2.75, 3.05) is 13.7 Å². The van der Waals surface area contributed by atoms with Gasteiger partial charge in [-0.3, -0.25) is 4.99 Å². The predicted octanol–water partition coefficient (Wildman–Crippen LogP) is 5.38. The van der Waals surface area contributed by atoms with Crippen molar-refractivity contribution in [2.45, 2.75) is 38.1 Å². The van der Waals surface area contributed by atoms with E-state index < -0.39 is 12.0 Å². The first kappa shape index (κ1) is 22.6. The molecule has 2 aromatic carbocycles. The lowest BCUT2D eigenvalue weighted by molar-refractivity contribution is -0.140. The van der Waals surface area contributed by atoms with E-state index in [0.29, 0.717) is 18.7 Å². The zero-order valence-corrected chi connectivity index (χ0v) is 17.2. The van der Waals surface area contributed by atoms with Crippen LogP contribution in [0, 0.1) is 5.92 Å². The third kappa shape index (κ3) is 7.31. The fourth-order valence-electron chi connectivity index (χ4n) is 3.43. The molecule has 0 saturated carbocycles. The van der Waals surface area contributed by atoms with Crippen LogP contribution in [0.5, 0.6) is 0 Å². The summed E-state index contributed by atoms with van der Waals surface area (Å²) in [7, 11) is 1.65. The molecule has 0 aromatic heterocycles. The van der Waals surface area contributed by atoms with Crippen molar-refractivity contribution in [2.24, 2.45) is 10.9 Å². The van der Waals surface area contributed by atoms with Gasteiger partial charge in [0.15, 0.2) is 6.04 Å². The minimum atomic E-state index is -0.890. The predicted molar refractivity (Wildman–Crippen MR) is 119 cm³/mol. The molecule has 154 valence electrons. The molecule has 4 nitrogen and oxygen atoms in total. The Balaban J connectivity index is 2.39. The Morgan fingerprint density at radius 1 is 1.03 bits per heavy atom. The third-order valence-electron chi connectivity index (χ3n) is 4.99. The highest BCUT2D eigenvalue weighted by atomic mass is 16.5. The minimum Gasteiger partial charge on any atom is -0.480 e. The van der Waals surface area contributed by atoms with Gasteiger partial charge in [-0.05, 0) is 31.6 Å². The van der Waals surface area contributed by atoms with E-state index in [1.807, 2.05) is 66.7 Å². The summed E-state index contributed by atoms with van der Waals surface area (Å²) in [4.78, 5) is 17.0. The lowest BCUT2D eigenvalue weighted by atomic mass is 9.90. The fourth-order valence-corrected chi connectivity index (χ4v) is 3.43. The van der Waals surface area contributed by atoms with Crippen LogP contribution in [-0.2, 0) is 9.53 Å². The van der Waals surface area contributed by atoms with Crippen molar-refractivity contribution in [3.8, 4) is 0 Å². The lowest BCUT2D eigenvalue weighted by Crippen LogP contribution is -2.30. The Morgan fingerprint density at radius 2 is 1.62 bits per heavy atom. The van der Waals surface area contributed by atoms with Crippen LogP contribution in [0.25, 0.3) is 0 Å². The van der Waals surface area contributed by atoms with E-state index in [1.165, 1.54) is 0 Å². The molecule has 0 fully saturated rings. The van der Waals surface area contributed by atoms with Gasteiger partial charge in [-0.25, -0.2) is 4.79 Å².